The summed E-state index contributed by atoms with van der Waals surface area (Å²) in [6.07, 6.45) is 0. The fourth-order valence-corrected chi connectivity index (χ4v) is 8.14. The summed E-state index contributed by atoms with van der Waals surface area (Å²) >= 11 is 0. The molecule has 0 radical (unpaired) electrons. The molecule has 3 heterocycles. The van der Waals surface area contributed by atoms with Crippen LogP contribution in [0.1, 0.15) is 0 Å². The molecule has 0 bridgehead atoms. The third-order valence-electron chi connectivity index (χ3n) is 10.7. The largest absolute Gasteiger partial charge is 0.455 e. The molecule has 0 aliphatic heterocycles. The summed E-state index contributed by atoms with van der Waals surface area (Å²) in [5, 5.41) is 4.58. The number of rotatable bonds is 6. The van der Waals surface area contributed by atoms with Gasteiger partial charge in [0.15, 0.2) is 17.5 Å². The van der Waals surface area contributed by atoms with Crippen LogP contribution in [0.4, 0.5) is 0 Å². The van der Waals surface area contributed by atoms with E-state index in [0.29, 0.717) is 17.5 Å². The van der Waals surface area contributed by atoms with E-state index in [1.807, 2.05) is 66.7 Å². The first kappa shape index (κ1) is 31.9. The molecular formula is C51H32N4O. The van der Waals surface area contributed by atoms with E-state index in [1.54, 1.807) is 0 Å². The van der Waals surface area contributed by atoms with Gasteiger partial charge in [-0.3, -0.25) is 0 Å². The van der Waals surface area contributed by atoms with Gasteiger partial charge in [-0.15, -0.1) is 0 Å². The highest BCUT2D eigenvalue weighted by molar-refractivity contribution is 6.17. The van der Waals surface area contributed by atoms with Crippen LogP contribution < -0.4 is 0 Å². The lowest BCUT2D eigenvalue weighted by Gasteiger charge is -2.12. The van der Waals surface area contributed by atoms with E-state index in [1.165, 1.54) is 21.8 Å². The maximum Gasteiger partial charge on any atom is 0.164 e. The molecule has 0 fully saturated rings. The Bertz CT molecular complexity index is 3180. The van der Waals surface area contributed by atoms with Crippen LogP contribution in [-0.4, -0.2) is 19.5 Å². The predicted molar refractivity (Wildman–Crippen MR) is 229 cm³/mol. The Morgan fingerprint density at radius 3 is 1.66 bits per heavy atom. The van der Waals surface area contributed by atoms with Crippen LogP contribution in [0.15, 0.2) is 199 Å². The molecule has 8 aromatic carbocycles. The zero-order valence-electron chi connectivity index (χ0n) is 30.2. The number of hydrogen-bond acceptors (Lipinski definition) is 4. The molecule has 262 valence electrons. The Labute approximate surface area is 322 Å². The van der Waals surface area contributed by atoms with Crippen LogP contribution in [0.25, 0.3) is 106 Å². The van der Waals surface area contributed by atoms with Crippen molar-refractivity contribution in [2.24, 2.45) is 0 Å². The molecule has 11 rings (SSSR count). The number of hydrogen-bond donors (Lipinski definition) is 0. The fourth-order valence-electron chi connectivity index (χ4n) is 8.14. The van der Waals surface area contributed by atoms with Crippen molar-refractivity contribution >= 4 is 43.7 Å². The number of nitrogens with zero attached hydrogens (tertiary/aromatic N) is 4. The van der Waals surface area contributed by atoms with E-state index in [9.17, 15) is 0 Å². The van der Waals surface area contributed by atoms with E-state index >= 15 is 0 Å². The molecule has 0 amide bonds. The van der Waals surface area contributed by atoms with Gasteiger partial charge in [-0.2, -0.15) is 0 Å². The van der Waals surface area contributed by atoms with E-state index < -0.39 is 0 Å². The first-order chi connectivity index (χ1) is 27.8. The summed E-state index contributed by atoms with van der Waals surface area (Å²) in [5.74, 6) is 1.85. The molecule has 0 unspecified atom stereocenters. The molecule has 0 aliphatic carbocycles. The Morgan fingerprint density at radius 2 is 0.911 bits per heavy atom. The Kier molecular flexibility index (Phi) is 7.42. The van der Waals surface area contributed by atoms with Gasteiger partial charge in [0.1, 0.15) is 11.2 Å². The lowest BCUT2D eigenvalue weighted by molar-refractivity contribution is 0.670. The van der Waals surface area contributed by atoms with E-state index in [4.69, 9.17) is 19.4 Å². The Morgan fingerprint density at radius 1 is 0.357 bits per heavy atom. The summed E-state index contributed by atoms with van der Waals surface area (Å²) in [6, 6.07) is 67.3. The van der Waals surface area contributed by atoms with E-state index in [2.05, 4.69) is 132 Å². The van der Waals surface area contributed by atoms with Crippen molar-refractivity contribution in [2.75, 3.05) is 0 Å². The van der Waals surface area contributed by atoms with E-state index in [-0.39, 0.29) is 0 Å². The van der Waals surface area contributed by atoms with Crippen molar-refractivity contribution in [3.8, 4) is 62.1 Å². The predicted octanol–water partition coefficient (Wildman–Crippen LogP) is 13.2. The quantitative estimate of drug-likeness (QED) is 0.172. The average molecular weight is 717 g/mol. The smallest absolute Gasteiger partial charge is 0.164 e. The highest BCUT2D eigenvalue weighted by Crippen LogP contribution is 2.44. The Balaban J connectivity index is 1.09. The molecule has 0 saturated heterocycles. The third-order valence-corrected chi connectivity index (χ3v) is 10.7. The van der Waals surface area contributed by atoms with Gasteiger partial charge in [-0.1, -0.05) is 158 Å². The normalized spacial score (nSPS) is 11.6. The number of furan rings is 1. The van der Waals surface area contributed by atoms with Gasteiger partial charge in [-0.25, -0.2) is 15.0 Å². The van der Waals surface area contributed by atoms with Gasteiger partial charge in [0.2, 0.25) is 0 Å². The standard InChI is InChI=1S/C51H32N4O/c1-4-16-33(17-5-1)49-52-50(34-18-6-2-7-19-34)54-51(53-49)41-24-11-10-22-38(41)40-26-14-27-42-47-37(25-15-29-46(47)56-48(40)42)35-30-31-45-43(32-35)39-23-12-13-28-44(39)55(45)36-20-8-3-9-21-36/h1-32H. The third kappa shape index (κ3) is 5.21. The second-order valence-corrected chi connectivity index (χ2v) is 14.0. The zero-order valence-corrected chi connectivity index (χ0v) is 30.2. The maximum absolute atomic E-state index is 6.84. The molecule has 0 N–H and O–H groups in total. The molecular weight excluding hydrogens is 685 g/mol. The number of para-hydroxylation sites is 3. The van der Waals surface area contributed by atoms with Crippen molar-refractivity contribution in [1.29, 1.82) is 0 Å². The van der Waals surface area contributed by atoms with Crippen molar-refractivity contribution in [1.82, 2.24) is 19.5 Å². The molecule has 3 aromatic heterocycles. The van der Waals surface area contributed by atoms with Crippen molar-refractivity contribution in [3.63, 3.8) is 0 Å². The SMILES string of the molecule is c1ccc(-c2nc(-c3ccccc3)nc(-c3ccccc3-c3cccc4c3oc3cccc(-c5ccc6c(c5)c5ccccc5n6-c5ccccc5)c34)n2)cc1. The van der Waals surface area contributed by atoms with Gasteiger partial charge < -0.3 is 8.98 Å². The molecule has 0 atom stereocenters. The van der Waals surface area contributed by atoms with E-state index in [0.717, 1.165) is 66.6 Å². The maximum atomic E-state index is 6.84. The minimum atomic E-state index is 0.602. The van der Waals surface area contributed by atoms with Crippen LogP contribution in [0.5, 0.6) is 0 Å². The first-order valence-corrected chi connectivity index (χ1v) is 18.8. The Hall–Kier alpha value is -7.63. The monoisotopic (exact) mass is 716 g/mol. The number of benzene rings is 8. The highest BCUT2D eigenvalue weighted by Gasteiger charge is 2.21. The summed E-state index contributed by atoms with van der Waals surface area (Å²) in [4.78, 5) is 15.1. The lowest BCUT2D eigenvalue weighted by atomic mass is 9.94. The van der Waals surface area contributed by atoms with Gasteiger partial charge in [0.05, 0.1) is 11.0 Å². The summed E-state index contributed by atoms with van der Waals surface area (Å²) in [7, 11) is 0. The molecule has 0 spiro atoms. The molecule has 5 heteroatoms. The van der Waals surface area contributed by atoms with Crippen molar-refractivity contribution in [2.45, 2.75) is 0 Å². The van der Waals surface area contributed by atoms with Crippen LogP contribution >= 0.6 is 0 Å². The van der Waals surface area contributed by atoms with Gasteiger partial charge in [-0.05, 0) is 53.1 Å². The molecule has 0 saturated carbocycles. The van der Waals surface area contributed by atoms with Gasteiger partial charge >= 0.3 is 0 Å². The lowest BCUT2D eigenvalue weighted by Crippen LogP contribution is -2.01. The molecule has 0 aliphatic rings. The summed E-state index contributed by atoms with van der Waals surface area (Å²) in [5.41, 5.74) is 12.2. The van der Waals surface area contributed by atoms with Gasteiger partial charge in [0, 0.05) is 49.5 Å². The fraction of sp³-hybridized carbons (Fsp3) is 0. The second kappa shape index (κ2) is 13.0. The van der Waals surface area contributed by atoms with Crippen LogP contribution in [0, 0.1) is 0 Å². The summed E-state index contributed by atoms with van der Waals surface area (Å²) < 4.78 is 9.19. The van der Waals surface area contributed by atoms with Crippen LogP contribution in [-0.2, 0) is 0 Å². The van der Waals surface area contributed by atoms with Crippen molar-refractivity contribution in [3.05, 3.63) is 194 Å². The zero-order chi connectivity index (χ0) is 37.0. The van der Waals surface area contributed by atoms with Crippen molar-refractivity contribution < 1.29 is 4.42 Å². The van der Waals surface area contributed by atoms with Crippen LogP contribution in [0.3, 0.4) is 0 Å². The molecule has 56 heavy (non-hydrogen) atoms. The minimum Gasteiger partial charge on any atom is -0.455 e. The highest BCUT2D eigenvalue weighted by atomic mass is 16.3. The van der Waals surface area contributed by atoms with Gasteiger partial charge in [0.25, 0.3) is 0 Å². The molecule has 11 aromatic rings. The topological polar surface area (TPSA) is 56.7 Å². The molecule has 5 nitrogen and oxygen atoms in total. The van der Waals surface area contributed by atoms with Crippen LogP contribution in [0.2, 0.25) is 0 Å². The summed E-state index contributed by atoms with van der Waals surface area (Å²) in [6.45, 7) is 0. The minimum absolute atomic E-state index is 0.602. The number of fused-ring (bicyclic) bond motifs is 6. The number of aromatic nitrogens is 4. The average Bonchev–Trinajstić information content (AvgIpc) is 3.83. The first-order valence-electron chi connectivity index (χ1n) is 18.8. The second-order valence-electron chi connectivity index (χ2n) is 14.0.